The second kappa shape index (κ2) is 12.6. The monoisotopic (exact) mass is 650 g/mol. The van der Waals surface area contributed by atoms with E-state index in [1.807, 2.05) is 61.5 Å². The Kier molecular flexibility index (Phi) is 8.70. The lowest BCUT2D eigenvalue weighted by atomic mass is 10.1. The average molecular weight is 652 g/mol. The fraction of sp³-hybridized carbons (Fsp3) is 0.188. The summed E-state index contributed by atoms with van der Waals surface area (Å²) in [6.45, 7) is 3.87. The number of hydrogen-bond donors (Lipinski definition) is 0. The van der Waals surface area contributed by atoms with Crippen molar-refractivity contribution in [2.75, 3.05) is 31.1 Å². The summed E-state index contributed by atoms with van der Waals surface area (Å²) in [5.74, 6) is 2.31. The second-order valence-electron chi connectivity index (χ2n) is 10.3. The van der Waals surface area contributed by atoms with Gasteiger partial charge in [-0.15, -0.1) is 0 Å². The third-order valence-electron chi connectivity index (χ3n) is 7.25. The first-order chi connectivity index (χ1) is 20.7. The maximum atomic E-state index is 13.4. The molecule has 11 heteroatoms. The number of hydrogen-bond acceptors (Lipinski definition) is 7. The van der Waals surface area contributed by atoms with E-state index in [1.54, 1.807) is 36.4 Å². The fourth-order valence-electron chi connectivity index (χ4n) is 4.81. The third-order valence-corrected chi connectivity index (χ3v) is 10.7. The van der Waals surface area contributed by atoms with Crippen LogP contribution < -0.4 is 9.64 Å². The molecule has 0 saturated carbocycles. The molecule has 7 nitrogen and oxygen atoms in total. The van der Waals surface area contributed by atoms with Crippen molar-refractivity contribution in [2.24, 2.45) is 0 Å². The Labute approximate surface area is 265 Å². The van der Waals surface area contributed by atoms with Crippen LogP contribution in [-0.2, 0) is 16.4 Å². The zero-order chi connectivity index (χ0) is 30.0. The smallest absolute Gasteiger partial charge is 0.243 e. The van der Waals surface area contributed by atoms with E-state index in [-0.39, 0.29) is 4.90 Å². The second-order valence-corrected chi connectivity index (χ2v) is 13.8. The van der Waals surface area contributed by atoms with Gasteiger partial charge in [-0.05, 0) is 72.1 Å². The van der Waals surface area contributed by atoms with Gasteiger partial charge in [0.15, 0.2) is 0 Å². The van der Waals surface area contributed by atoms with Crippen LogP contribution in [0.1, 0.15) is 17.0 Å². The van der Waals surface area contributed by atoms with Gasteiger partial charge in [0.05, 0.1) is 14.9 Å². The molecule has 5 aromatic rings. The number of piperazine rings is 1. The van der Waals surface area contributed by atoms with Crippen molar-refractivity contribution in [1.29, 1.82) is 0 Å². The SMILES string of the molecule is Cc1ccc(Oc2ccc(Cc3nsc(N4CCN(S(=O)(=O)c5ccc(-c6ccc(Cl)c(Cl)c6)cc5)CC4)n3)cc2)cc1. The van der Waals surface area contributed by atoms with Gasteiger partial charge in [0.25, 0.3) is 0 Å². The molecule has 1 aliphatic heterocycles. The Balaban J connectivity index is 1.04. The van der Waals surface area contributed by atoms with Gasteiger partial charge in [0.2, 0.25) is 15.2 Å². The first-order valence-electron chi connectivity index (χ1n) is 13.7. The molecular formula is C32H28Cl2N4O3S2. The Morgan fingerprint density at radius 3 is 2.07 bits per heavy atom. The van der Waals surface area contributed by atoms with Gasteiger partial charge in [-0.25, -0.2) is 13.4 Å². The van der Waals surface area contributed by atoms with Gasteiger partial charge >= 0.3 is 0 Å². The first kappa shape index (κ1) is 29.6. The van der Waals surface area contributed by atoms with Crippen molar-refractivity contribution in [3.8, 4) is 22.6 Å². The van der Waals surface area contributed by atoms with Crippen molar-refractivity contribution < 1.29 is 13.2 Å². The summed E-state index contributed by atoms with van der Waals surface area (Å²) < 4.78 is 38.7. The number of nitrogens with zero attached hydrogens (tertiary/aromatic N) is 4. The van der Waals surface area contributed by atoms with E-state index in [0.29, 0.717) is 42.6 Å². The number of anilines is 1. The van der Waals surface area contributed by atoms with Crippen LogP contribution in [0.5, 0.6) is 11.5 Å². The van der Waals surface area contributed by atoms with E-state index in [0.717, 1.165) is 39.1 Å². The minimum absolute atomic E-state index is 0.262. The van der Waals surface area contributed by atoms with Gasteiger partial charge in [0.1, 0.15) is 17.3 Å². The highest BCUT2D eigenvalue weighted by Crippen LogP contribution is 2.30. The van der Waals surface area contributed by atoms with Crippen LogP contribution in [0, 0.1) is 6.92 Å². The van der Waals surface area contributed by atoms with E-state index in [9.17, 15) is 8.42 Å². The van der Waals surface area contributed by atoms with Crippen molar-refractivity contribution in [3.63, 3.8) is 0 Å². The molecule has 4 aromatic carbocycles. The molecule has 1 aliphatic rings. The summed E-state index contributed by atoms with van der Waals surface area (Å²) in [6, 6.07) is 28.1. The standard InChI is InChI=1S/C32H28Cl2N4O3S2/c1-22-2-9-26(10-3-22)41-27-11-4-23(5-12-27)20-31-35-32(42-36-31)37-16-18-38(19-17-37)43(39,40)28-13-6-24(7-14-28)25-8-15-29(33)30(34)21-25/h2-15,21H,16-20H2,1H3. The Morgan fingerprint density at radius 2 is 1.42 bits per heavy atom. The van der Waals surface area contributed by atoms with Crippen molar-refractivity contribution in [2.45, 2.75) is 18.2 Å². The van der Waals surface area contributed by atoms with Crippen LogP contribution in [0.2, 0.25) is 10.0 Å². The van der Waals surface area contributed by atoms with Crippen LogP contribution in [-0.4, -0.2) is 48.3 Å². The Hall–Kier alpha value is -3.47. The summed E-state index contributed by atoms with van der Waals surface area (Å²) in [5, 5.41) is 1.73. The zero-order valence-corrected chi connectivity index (χ0v) is 26.4. The molecule has 1 fully saturated rings. The molecule has 0 aliphatic carbocycles. The number of sulfonamides is 1. The lowest BCUT2D eigenvalue weighted by molar-refractivity contribution is 0.384. The quantitative estimate of drug-likeness (QED) is 0.171. The fourth-order valence-corrected chi connectivity index (χ4v) is 7.27. The molecule has 1 aromatic heterocycles. The summed E-state index contributed by atoms with van der Waals surface area (Å²) in [6.07, 6.45) is 0.605. The van der Waals surface area contributed by atoms with Crippen LogP contribution >= 0.6 is 34.7 Å². The Morgan fingerprint density at radius 1 is 0.791 bits per heavy atom. The molecule has 0 unspecified atom stereocenters. The minimum atomic E-state index is -3.63. The molecule has 0 amide bonds. The topological polar surface area (TPSA) is 75.6 Å². The van der Waals surface area contributed by atoms with Crippen LogP contribution in [0.4, 0.5) is 5.13 Å². The lowest BCUT2D eigenvalue weighted by Gasteiger charge is -2.33. The molecule has 0 radical (unpaired) electrons. The van der Waals surface area contributed by atoms with Gasteiger partial charge in [0, 0.05) is 44.1 Å². The summed E-state index contributed by atoms with van der Waals surface area (Å²) in [5.41, 5.74) is 4.00. The van der Waals surface area contributed by atoms with E-state index in [2.05, 4.69) is 9.27 Å². The lowest BCUT2D eigenvalue weighted by Crippen LogP contribution is -2.48. The predicted molar refractivity (Wildman–Crippen MR) is 173 cm³/mol. The number of rotatable bonds is 8. The van der Waals surface area contributed by atoms with Crippen molar-refractivity contribution in [3.05, 3.63) is 118 Å². The van der Waals surface area contributed by atoms with Crippen LogP contribution in [0.3, 0.4) is 0 Å². The first-order valence-corrected chi connectivity index (χ1v) is 16.7. The molecule has 220 valence electrons. The maximum absolute atomic E-state index is 13.4. The number of aryl methyl sites for hydroxylation is 1. The van der Waals surface area contributed by atoms with Gasteiger partial charge in [-0.1, -0.05) is 71.2 Å². The molecule has 6 rings (SSSR count). The highest BCUT2D eigenvalue weighted by atomic mass is 35.5. The number of ether oxygens (including phenoxy) is 1. The third kappa shape index (κ3) is 6.87. The van der Waals surface area contributed by atoms with Gasteiger partial charge in [-0.2, -0.15) is 8.68 Å². The Bertz CT molecular complexity index is 1820. The molecule has 43 heavy (non-hydrogen) atoms. The van der Waals surface area contributed by atoms with E-state index in [1.165, 1.54) is 21.4 Å². The summed E-state index contributed by atoms with van der Waals surface area (Å²) in [4.78, 5) is 7.10. The number of halogens is 2. The summed E-state index contributed by atoms with van der Waals surface area (Å²) in [7, 11) is -3.63. The molecule has 0 bridgehead atoms. The largest absolute Gasteiger partial charge is 0.457 e. The van der Waals surface area contributed by atoms with Crippen LogP contribution in [0.15, 0.2) is 95.9 Å². The van der Waals surface area contributed by atoms with E-state index in [4.69, 9.17) is 32.9 Å². The molecule has 2 heterocycles. The van der Waals surface area contributed by atoms with Crippen LogP contribution in [0.25, 0.3) is 11.1 Å². The molecule has 0 spiro atoms. The molecular weight excluding hydrogens is 623 g/mol. The molecule has 1 saturated heterocycles. The van der Waals surface area contributed by atoms with Gasteiger partial charge in [-0.3, -0.25) is 0 Å². The van der Waals surface area contributed by atoms with E-state index >= 15 is 0 Å². The van der Waals surface area contributed by atoms with Crippen molar-refractivity contribution in [1.82, 2.24) is 13.7 Å². The number of benzene rings is 4. The minimum Gasteiger partial charge on any atom is -0.457 e. The predicted octanol–water partition coefficient (Wildman–Crippen LogP) is 7.71. The summed E-state index contributed by atoms with van der Waals surface area (Å²) >= 11 is 13.5. The number of aromatic nitrogens is 2. The maximum Gasteiger partial charge on any atom is 0.243 e. The molecule has 0 N–H and O–H groups in total. The zero-order valence-electron chi connectivity index (χ0n) is 23.3. The normalized spacial score (nSPS) is 14.2. The molecule has 0 atom stereocenters. The highest BCUT2D eigenvalue weighted by Gasteiger charge is 2.29. The highest BCUT2D eigenvalue weighted by molar-refractivity contribution is 7.89. The van der Waals surface area contributed by atoms with E-state index < -0.39 is 10.0 Å². The van der Waals surface area contributed by atoms with Gasteiger partial charge < -0.3 is 9.64 Å². The average Bonchev–Trinajstić information content (AvgIpc) is 3.49. The van der Waals surface area contributed by atoms with Crippen molar-refractivity contribution >= 4 is 49.9 Å².